The van der Waals surface area contributed by atoms with Crippen LogP contribution in [0.1, 0.15) is 31.2 Å². The van der Waals surface area contributed by atoms with E-state index in [0.717, 1.165) is 23.4 Å². The van der Waals surface area contributed by atoms with Crippen LogP contribution in [0.4, 0.5) is 5.82 Å². The average molecular weight is 269 g/mol. The number of pyridine rings is 1. The molecule has 2 nitrogen and oxygen atoms in total. The lowest BCUT2D eigenvalue weighted by Crippen LogP contribution is -2.24. The van der Waals surface area contributed by atoms with E-state index in [4.69, 9.17) is 0 Å². The molecule has 1 saturated heterocycles. The Morgan fingerprint density at radius 2 is 1.87 bits per heavy atom. The van der Waals surface area contributed by atoms with E-state index in [-0.39, 0.29) is 0 Å². The molecule has 0 saturated carbocycles. The quantitative estimate of drug-likeness (QED) is 0.775. The van der Waals surface area contributed by atoms with Gasteiger partial charge in [0.05, 0.1) is 0 Å². The maximum atomic E-state index is 4.48. The summed E-state index contributed by atoms with van der Waals surface area (Å²) in [6.45, 7) is 4.44. The molecule has 1 aromatic rings. The van der Waals surface area contributed by atoms with Crippen molar-refractivity contribution < 1.29 is 0 Å². The van der Waals surface area contributed by atoms with Crippen LogP contribution in [-0.2, 0) is 0 Å². The van der Waals surface area contributed by atoms with Gasteiger partial charge in [-0.1, -0.05) is 12.8 Å². The van der Waals surface area contributed by atoms with Crippen LogP contribution < -0.4 is 4.90 Å². The van der Waals surface area contributed by atoms with E-state index in [1.165, 1.54) is 31.2 Å². The van der Waals surface area contributed by atoms with Crippen molar-refractivity contribution in [2.24, 2.45) is 0 Å². The maximum Gasteiger partial charge on any atom is 0.128 e. The Labute approximate surface area is 99.8 Å². The zero-order chi connectivity index (χ0) is 10.7. The van der Waals surface area contributed by atoms with Gasteiger partial charge in [-0.3, -0.25) is 0 Å². The van der Waals surface area contributed by atoms with Crippen LogP contribution in [0.3, 0.4) is 0 Å². The highest BCUT2D eigenvalue weighted by Gasteiger charge is 2.11. The third-order valence-electron chi connectivity index (χ3n) is 2.96. The normalized spacial score (nSPS) is 17.6. The molecule has 0 atom stereocenters. The van der Waals surface area contributed by atoms with Crippen LogP contribution in [0.2, 0.25) is 0 Å². The van der Waals surface area contributed by atoms with Gasteiger partial charge in [0.1, 0.15) is 5.82 Å². The summed E-state index contributed by atoms with van der Waals surface area (Å²) in [7, 11) is 0. The molecule has 0 radical (unpaired) electrons. The van der Waals surface area contributed by atoms with Gasteiger partial charge in [0.15, 0.2) is 0 Å². The summed E-state index contributed by atoms with van der Waals surface area (Å²) in [5.74, 6) is 1.14. The predicted molar refractivity (Wildman–Crippen MR) is 67.4 cm³/mol. The number of hydrogen-bond donors (Lipinski definition) is 0. The lowest BCUT2D eigenvalue weighted by molar-refractivity contribution is 0.726. The monoisotopic (exact) mass is 268 g/mol. The Kier molecular flexibility index (Phi) is 3.62. The molecule has 2 heterocycles. The van der Waals surface area contributed by atoms with Crippen molar-refractivity contribution in [1.82, 2.24) is 4.98 Å². The third-order valence-corrected chi connectivity index (χ3v) is 3.79. The molecule has 1 aromatic heterocycles. The van der Waals surface area contributed by atoms with Crippen molar-refractivity contribution in [3.05, 3.63) is 22.3 Å². The first-order valence-electron chi connectivity index (χ1n) is 5.64. The summed E-state index contributed by atoms with van der Waals surface area (Å²) in [4.78, 5) is 6.89. The number of rotatable bonds is 1. The molecule has 15 heavy (non-hydrogen) atoms. The lowest BCUT2D eigenvalue weighted by Gasteiger charge is -2.21. The van der Waals surface area contributed by atoms with Gasteiger partial charge >= 0.3 is 0 Å². The van der Waals surface area contributed by atoms with E-state index in [2.05, 4.69) is 38.8 Å². The van der Waals surface area contributed by atoms with Crippen LogP contribution in [0, 0.1) is 6.92 Å². The first-order chi connectivity index (χ1) is 7.27. The predicted octanol–water partition coefficient (Wildman–Crippen LogP) is 3.53. The summed E-state index contributed by atoms with van der Waals surface area (Å²) < 4.78 is 1.10. The standard InChI is InChI=1S/C12H17BrN2/c1-10-8-12(14-9-11(10)13)15-6-4-2-3-5-7-15/h8-9H,2-7H2,1H3. The van der Waals surface area contributed by atoms with Crippen molar-refractivity contribution in [1.29, 1.82) is 0 Å². The molecule has 0 amide bonds. The summed E-state index contributed by atoms with van der Waals surface area (Å²) in [5.41, 5.74) is 1.27. The minimum absolute atomic E-state index is 1.10. The highest BCUT2D eigenvalue weighted by molar-refractivity contribution is 9.10. The van der Waals surface area contributed by atoms with Crippen LogP contribution in [0.25, 0.3) is 0 Å². The molecular weight excluding hydrogens is 252 g/mol. The van der Waals surface area contributed by atoms with Crippen molar-refractivity contribution in [2.75, 3.05) is 18.0 Å². The van der Waals surface area contributed by atoms with E-state index in [1.807, 2.05) is 6.20 Å². The second-order valence-electron chi connectivity index (χ2n) is 4.19. The number of aryl methyl sites for hydroxylation is 1. The molecule has 82 valence electrons. The highest BCUT2D eigenvalue weighted by Crippen LogP contribution is 2.22. The number of halogens is 1. The van der Waals surface area contributed by atoms with Gasteiger partial charge in [-0.05, 0) is 47.3 Å². The minimum atomic E-state index is 1.10. The fourth-order valence-corrected chi connectivity index (χ4v) is 2.21. The summed E-state index contributed by atoms with van der Waals surface area (Å²) in [6.07, 6.45) is 7.25. The van der Waals surface area contributed by atoms with Gasteiger partial charge < -0.3 is 4.90 Å². The van der Waals surface area contributed by atoms with Crippen LogP contribution in [-0.4, -0.2) is 18.1 Å². The largest absolute Gasteiger partial charge is 0.357 e. The zero-order valence-electron chi connectivity index (χ0n) is 9.17. The number of nitrogens with zero attached hydrogens (tertiary/aromatic N) is 2. The Hall–Kier alpha value is -0.570. The van der Waals surface area contributed by atoms with Gasteiger partial charge in [0.2, 0.25) is 0 Å². The number of anilines is 1. The van der Waals surface area contributed by atoms with Gasteiger partial charge in [0.25, 0.3) is 0 Å². The Bertz CT molecular complexity index is 330. The van der Waals surface area contributed by atoms with Gasteiger partial charge in [-0.25, -0.2) is 4.98 Å². The number of hydrogen-bond acceptors (Lipinski definition) is 2. The minimum Gasteiger partial charge on any atom is -0.357 e. The van der Waals surface area contributed by atoms with E-state index < -0.39 is 0 Å². The highest BCUT2D eigenvalue weighted by atomic mass is 79.9. The second kappa shape index (κ2) is 4.97. The number of aromatic nitrogens is 1. The van der Waals surface area contributed by atoms with Crippen LogP contribution >= 0.6 is 15.9 Å². The molecule has 0 N–H and O–H groups in total. The fourth-order valence-electron chi connectivity index (χ4n) is 2.00. The lowest BCUT2D eigenvalue weighted by atomic mass is 10.2. The average Bonchev–Trinajstić information content (AvgIpc) is 2.50. The van der Waals surface area contributed by atoms with Crippen LogP contribution in [0.15, 0.2) is 16.7 Å². The van der Waals surface area contributed by atoms with Crippen molar-refractivity contribution >= 4 is 21.7 Å². The van der Waals surface area contributed by atoms with E-state index in [0.29, 0.717) is 0 Å². The van der Waals surface area contributed by atoms with Gasteiger partial charge in [0, 0.05) is 23.8 Å². The Balaban J connectivity index is 2.16. The molecule has 1 aliphatic heterocycles. The van der Waals surface area contributed by atoms with E-state index >= 15 is 0 Å². The molecule has 1 fully saturated rings. The molecule has 0 spiro atoms. The fraction of sp³-hybridized carbons (Fsp3) is 0.583. The van der Waals surface area contributed by atoms with Crippen LogP contribution in [0.5, 0.6) is 0 Å². The smallest absolute Gasteiger partial charge is 0.128 e. The van der Waals surface area contributed by atoms with Gasteiger partial charge in [-0.15, -0.1) is 0 Å². The molecule has 0 bridgehead atoms. The topological polar surface area (TPSA) is 16.1 Å². The molecule has 3 heteroatoms. The van der Waals surface area contributed by atoms with Crippen molar-refractivity contribution in [3.63, 3.8) is 0 Å². The third kappa shape index (κ3) is 2.71. The molecule has 1 aliphatic rings. The van der Waals surface area contributed by atoms with E-state index in [9.17, 15) is 0 Å². The summed E-state index contributed by atoms with van der Waals surface area (Å²) in [5, 5.41) is 0. The summed E-state index contributed by atoms with van der Waals surface area (Å²) in [6, 6.07) is 2.18. The van der Waals surface area contributed by atoms with Crippen molar-refractivity contribution in [2.45, 2.75) is 32.6 Å². The van der Waals surface area contributed by atoms with Crippen molar-refractivity contribution in [3.8, 4) is 0 Å². The molecule has 2 rings (SSSR count). The SMILES string of the molecule is Cc1cc(N2CCCCCC2)ncc1Br. The first kappa shape index (κ1) is 10.9. The molecule has 0 aromatic carbocycles. The Morgan fingerprint density at radius 1 is 1.20 bits per heavy atom. The first-order valence-corrected chi connectivity index (χ1v) is 6.44. The second-order valence-corrected chi connectivity index (χ2v) is 5.05. The molecular formula is C12H17BrN2. The maximum absolute atomic E-state index is 4.48. The summed E-state index contributed by atoms with van der Waals surface area (Å²) >= 11 is 3.49. The van der Waals surface area contributed by atoms with Gasteiger partial charge in [-0.2, -0.15) is 0 Å². The Morgan fingerprint density at radius 3 is 2.47 bits per heavy atom. The molecule has 0 aliphatic carbocycles. The molecule has 0 unspecified atom stereocenters. The zero-order valence-corrected chi connectivity index (χ0v) is 10.8. The van der Waals surface area contributed by atoms with E-state index in [1.54, 1.807) is 0 Å².